The Kier molecular flexibility index (Phi) is 4.20. The van der Waals surface area contributed by atoms with E-state index in [1.807, 2.05) is 5.48 Å². The maximum Gasteiger partial charge on any atom is 0.230 e. The second kappa shape index (κ2) is 4.55. The largest absolute Gasteiger partial charge is 0.394 e. The van der Waals surface area contributed by atoms with Crippen LogP contribution in [-0.2, 0) is 9.63 Å². The van der Waals surface area contributed by atoms with E-state index >= 15 is 0 Å². The lowest BCUT2D eigenvalue weighted by molar-refractivity contribution is -0.126. The Balaban J connectivity index is 2.97. The predicted octanol–water partition coefficient (Wildman–Crippen LogP) is -0.955. The van der Waals surface area contributed by atoms with Crippen LogP contribution >= 0.6 is 0 Å². The summed E-state index contributed by atoms with van der Waals surface area (Å²) >= 11 is 0. The van der Waals surface area contributed by atoms with Crippen molar-refractivity contribution < 1.29 is 14.7 Å². The van der Waals surface area contributed by atoms with Gasteiger partial charge < -0.3 is 5.11 Å². The highest BCUT2D eigenvalue weighted by molar-refractivity contribution is 5.43. The zero-order valence-electron chi connectivity index (χ0n) is 4.63. The van der Waals surface area contributed by atoms with Gasteiger partial charge in [-0.3, -0.25) is 9.63 Å². The maximum absolute atomic E-state index is 9.51. The Labute approximate surface area is 47.4 Å². The Morgan fingerprint density at radius 3 is 3.00 bits per heavy atom. The smallest absolute Gasteiger partial charge is 0.230 e. The summed E-state index contributed by atoms with van der Waals surface area (Å²) in [6.07, 6.45) is 0.0757. The van der Waals surface area contributed by atoms with Crippen molar-refractivity contribution in [3.63, 3.8) is 0 Å². The van der Waals surface area contributed by atoms with Crippen molar-refractivity contribution in [2.24, 2.45) is 0 Å². The van der Waals surface area contributed by atoms with E-state index in [0.29, 0.717) is 6.41 Å². The zero-order valence-corrected chi connectivity index (χ0v) is 4.63. The lowest BCUT2D eigenvalue weighted by Crippen LogP contribution is -2.22. The van der Waals surface area contributed by atoms with Gasteiger partial charge in [-0.25, -0.2) is 5.48 Å². The number of carbonyl (C=O) groups excluding carboxylic acids is 1. The fourth-order valence-corrected chi connectivity index (χ4v) is 0.181. The van der Waals surface area contributed by atoms with Crippen LogP contribution in [0.15, 0.2) is 0 Å². The van der Waals surface area contributed by atoms with E-state index < -0.39 is 0 Å². The highest BCUT2D eigenvalue weighted by atomic mass is 16.7. The first-order chi connectivity index (χ1) is 3.81. The number of amides is 1. The summed E-state index contributed by atoms with van der Waals surface area (Å²) in [5.41, 5.74) is 1.96. The first kappa shape index (κ1) is 7.39. The van der Waals surface area contributed by atoms with E-state index in [1.54, 1.807) is 6.92 Å². The highest BCUT2D eigenvalue weighted by Gasteiger charge is 1.95. The van der Waals surface area contributed by atoms with Crippen molar-refractivity contribution in [2.45, 2.75) is 13.0 Å². The lowest BCUT2D eigenvalue weighted by atomic mass is 10.5. The van der Waals surface area contributed by atoms with Crippen LogP contribution in [0, 0.1) is 0 Å². The van der Waals surface area contributed by atoms with E-state index in [4.69, 9.17) is 5.11 Å². The Bertz CT molecular complexity index is 66.3. The average molecular weight is 119 g/mol. The number of hydrogen-bond donors (Lipinski definition) is 2. The molecule has 0 spiro atoms. The molecule has 0 aliphatic heterocycles. The van der Waals surface area contributed by atoms with Crippen molar-refractivity contribution in [1.29, 1.82) is 0 Å². The van der Waals surface area contributed by atoms with Crippen LogP contribution in [0.2, 0.25) is 0 Å². The second-order valence-electron chi connectivity index (χ2n) is 1.35. The summed E-state index contributed by atoms with van der Waals surface area (Å²) in [5, 5.41) is 8.28. The molecule has 0 saturated heterocycles. The molecule has 0 aliphatic rings. The molecule has 4 nitrogen and oxygen atoms in total. The van der Waals surface area contributed by atoms with Crippen LogP contribution < -0.4 is 5.48 Å². The van der Waals surface area contributed by atoms with Gasteiger partial charge in [0.1, 0.15) is 6.10 Å². The summed E-state index contributed by atoms with van der Waals surface area (Å²) in [6.45, 7) is 1.54. The van der Waals surface area contributed by atoms with Gasteiger partial charge in [0.15, 0.2) is 0 Å². The molecule has 0 bridgehead atoms. The fourth-order valence-electron chi connectivity index (χ4n) is 0.181. The van der Waals surface area contributed by atoms with E-state index in [2.05, 4.69) is 4.84 Å². The molecule has 0 aromatic carbocycles. The number of hydrogen-bond acceptors (Lipinski definition) is 3. The van der Waals surface area contributed by atoms with E-state index in [1.165, 1.54) is 0 Å². The van der Waals surface area contributed by atoms with Gasteiger partial charge in [-0.15, -0.1) is 0 Å². The third-order valence-electron chi connectivity index (χ3n) is 0.574. The summed E-state index contributed by atoms with van der Waals surface area (Å²) < 4.78 is 0. The van der Waals surface area contributed by atoms with Crippen molar-refractivity contribution >= 4 is 6.41 Å². The molecule has 1 amide bonds. The standard InChI is InChI=1S/C4H9NO3/c1-4(2-6)8-5-3-7/h3-4,6H,2H2,1H3,(H,5,7). The predicted molar refractivity (Wildman–Crippen MR) is 26.8 cm³/mol. The van der Waals surface area contributed by atoms with E-state index in [9.17, 15) is 4.79 Å². The minimum Gasteiger partial charge on any atom is -0.394 e. The minimum atomic E-state index is -0.333. The summed E-state index contributed by atoms with van der Waals surface area (Å²) in [7, 11) is 0. The molecule has 0 rings (SSSR count). The molecular weight excluding hydrogens is 110 g/mol. The summed E-state index contributed by atoms with van der Waals surface area (Å²) in [5.74, 6) is 0. The van der Waals surface area contributed by atoms with Gasteiger partial charge in [0.2, 0.25) is 6.41 Å². The van der Waals surface area contributed by atoms with Crippen molar-refractivity contribution in [1.82, 2.24) is 5.48 Å². The SMILES string of the molecule is CC(CO)ONC=O. The van der Waals surface area contributed by atoms with Crippen LogP contribution in [0.1, 0.15) is 6.92 Å². The molecule has 1 unspecified atom stereocenters. The molecule has 0 saturated carbocycles. The van der Waals surface area contributed by atoms with Gasteiger partial charge in [0, 0.05) is 0 Å². The van der Waals surface area contributed by atoms with Gasteiger partial charge in [-0.2, -0.15) is 0 Å². The number of hydroxylamine groups is 1. The molecular formula is C4H9NO3. The molecule has 8 heavy (non-hydrogen) atoms. The fraction of sp³-hybridized carbons (Fsp3) is 0.750. The number of nitrogens with one attached hydrogen (secondary N) is 1. The average Bonchev–Trinajstić information content (AvgIpc) is 1.83. The molecule has 1 atom stereocenters. The zero-order chi connectivity index (χ0) is 6.41. The molecule has 0 heterocycles. The molecule has 0 aromatic rings. The van der Waals surface area contributed by atoms with Gasteiger partial charge >= 0.3 is 0 Å². The normalized spacial score (nSPS) is 12.8. The summed E-state index contributed by atoms with van der Waals surface area (Å²) in [4.78, 5) is 14.0. The lowest BCUT2D eigenvalue weighted by Gasteiger charge is -2.04. The topological polar surface area (TPSA) is 58.6 Å². The monoisotopic (exact) mass is 119 g/mol. The van der Waals surface area contributed by atoms with Gasteiger partial charge in [0.25, 0.3) is 0 Å². The van der Waals surface area contributed by atoms with Crippen LogP contribution in [0.5, 0.6) is 0 Å². The van der Waals surface area contributed by atoms with Gasteiger partial charge in [0.05, 0.1) is 6.61 Å². The van der Waals surface area contributed by atoms with Crippen LogP contribution in [-0.4, -0.2) is 24.2 Å². The first-order valence-electron chi connectivity index (χ1n) is 2.27. The van der Waals surface area contributed by atoms with Crippen molar-refractivity contribution in [3.05, 3.63) is 0 Å². The first-order valence-corrected chi connectivity index (χ1v) is 2.27. The maximum atomic E-state index is 9.51. The third-order valence-corrected chi connectivity index (χ3v) is 0.574. The quantitative estimate of drug-likeness (QED) is 0.370. The van der Waals surface area contributed by atoms with Crippen molar-refractivity contribution in [2.75, 3.05) is 6.61 Å². The Morgan fingerprint density at radius 1 is 2.00 bits per heavy atom. The second-order valence-corrected chi connectivity index (χ2v) is 1.35. The van der Waals surface area contributed by atoms with Crippen molar-refractivity contribution in [3.8, 4) is 0 Å². The summed E-state index contributed by atoms with van der Waals surface area (Å²) in [6, 6.07) is 0. The number of aliphatic hydroxyl groups is 1. The van der Waals surface area contributed by atoms with Crippen LogP contribution in [0.3, 0.4) is 0 Å². The number of carbonyl (C=O) groups is 1. The number of rotatable bonds is 4. The van der Waals surface area contributed by atoms with Crippen LogP contribution in [0.4, 0.5) is 0 Å². The van der Waals surface area contributed by atoms with E-state index in [-0.39, 0.29) is 12.7 Å². The van der Waals surface area contributed by atoms with Gasteiger partial charge in [-0.05, 0) is 6.92 Å². The third kappa shape index (κ3) is 3.58. The highest BCUT2D eigenvalue weighted by Crippen LogP contribution is 1.80. The number of aliphatic hydroxyl groups excluding tert-OH is 1. The Hall–Kier alpha value is -0.610. The molecule has 48 valence electrons. The Morgan fingerprint density at radius 2 is 2.62 bits per heavy atom. The molecule has 0 aromatic heterocycles. The molecule has 0 radical (unpaired) electrons. The molecule has 0 fully saturated rings. The molecule has 0 aliphatic carbocycles. The van der Waals surface area contributed by atoms with Crippen LogP contribution in [0.25, 0.3) is 0 Å². The molecule has 2 N–H and O–H groups in total. The molecule has 4 heteroatoms. The van der Waals surface area contributed by atoms with E-state index in [0.717, 1.165) is 0 Å². The van der Waals surface area contributed by atoms with Gasteiger partial charge in [-0.1, -0.05) is 0 Å². The minimum absolute atomic E-state index is 0.0964.